The summed E-state index contributed by atoms with van der Waals surface area (Å²) in [6.07, 6.45) is 1.49. The largest absolute Gasteiger partial charge is 0.493 e. The minimum absolute atomic E-state index is 0.0689. The number of hydrogen-bond donors (Lipinski definition) is 1. The van der Waals surface area contributed by atoms with Crippen molar-refractivity contribution >= 4 is 61.1 Å². The van der Waals surface area contributed by atoms with Crippen molar-refractivity contribution in [2.45, 2.75) is 13.2 Å². The standard InChI is InChI=1S/C31H23Br2ClN2O4/c1-38-29-16-22(15-28(33)30(29)40-19-20-2-6-24(32)7-3-20)14-23(17-35)31(37)36-26-10-12-27(13-11-26)39-18-21-4-8-25(34)9-5-21/h2-16H,18-19H2,1H3,(H,36,37)/b23-14+. The molecule has 0 aliphatic rings. The lowest BCUT2D eigenvalue weighted by Crippen LogP contribution is -2.13. The maximum atomic E-state index is 12.8. The maximum Gasteiger partial charge on any atom is 0.266 e. The summed E-state index contributed by atoms with van der Waals surface area (Å²) in [6.45, 7) is 0.728. The van der Waals surface area contributed by atoms with Crippen molar-refractivity contribution in [1.29, 1.82) is 5.26 Å². The molecule has 0 aliphatic carbocycles. The Balaban J connectivity index is 1.41. The number of nitriles is 1. The molecule has 6 nitrogen and oxygen atoms in total. The fourth-order valence-electron chi connectivity index (χ4n) is 3.59. The number of rotatable bonds is 10. The molecule has 4 aromatic carbocycles. The zero-order valence-corrected chi connectivity index (χ0v) is 25.2. The minimum atomic E-state index is -0.539. The van der Waals surface area contributed by atoms with Gasteiger partial charge in [0.2, 0.25) is 0 Å². The molecule has 0 radical (unpaired) electrons. The van der Waals surface area contributed by atoms with E-state index in [1.807, 2.05) is 42.5 Å². The molecule has 0 aliphatic heterocycles. The van der Waals surface area contributed by atoms with E-state index >= 15 is 0 Å². The van der Waals surface area contributed by atoms with Crippen LogP contribution in [0.25, 0.3) is 6.08 Å². The van der Waals surface area contributed by atoms with E-state index in [1.165, 1.54) is 13.2 Å². The molecule has 0 saturated heterocycles. The number of amides is 1. The third-order valence-corrected chi connectivity index (χ3v) is 7.02. The van der Waals surface area contributed by atoms with Crippen LogP contribution in [0.1, 0.15) is 16.7 Å². The highest BCUT2D eigenvalue weighted by Gasteiger charge is 2.15. The lowest BCUT2D eigenvalue weighted by Gasteiger charge is -2.14. The van der Waals surface area contributed by atoms with E-state index in [1.54, 1.807) is 48.5 Å². The minimum Gasteiger partial charge on any atom is -0.493 e. The second-order valence-electron chi connectivity index (χ2n) is 8.51. The van der Waals surface area contributed by atoms with Crippen LogP contribution in [-0.2, 0) is 18.0 Å². The van der Waals surface area contributed by atoms with E-state index in [0.29, 0.717) is 51.2 Å². The molecule has 0 bridgehead atoms. The molecule has 4 aromatic rings. The number of ether oxygens (including phenoxy) is 3. The summed E-state index contributed by atoms with van der Waals surface area (Å²) >= 11 is 12.9. The van der Waals surface area contributed by atoms with Crippen molar-refractivity contribution in [3.63, 3.8) is 0 Å². The summed E-state index contributed by atoms with van der Waals surface area (Å²) in [6, 6.07) is 27.6. The Morgan fingerprint density at radius 1 is 0.925 bits per heavy atom. The Morgan fingerprint density at radius 2 is 1.55 bits per heavy atom. The van der Waals surface area contributed by atoms with Crippen LogP contribution in [0.5, 0.6) is 17.2 Å². The van der Waals surface area contributed by atoms with Gasteiger partial charge in [0.15, 0.2) is 11.5 Å². The lowest BCUT2D eigenvalue weighted by molar-refractivity contribution is -0.112. The van der Waals surface area contributed by atoms with Crippen LogP contribution in [0.15, 0.2) is 99.4 Å². The van der Waals surface area contributed by atoms with Gasteiger partial charge < -0.3 is 19.5 Å². The second-order valence-corrected chi connectivity index (χ2v) is 10.7. The van der Waals surface area contributed by atoms with Gasteiger partial charge in [0.1, 0.15) is 30.6 Å². The van der Waals surface area contributed by atoms with Crippen LogP contribution >= 0.6 is 43.5 Å². The SMILES string of the molecule is COc1cc(/C=C(\C#N)C(=O)Nc2ccc(OCc3ccc(Cl)cc3)cc2)cc(Br)c1OCc1ccc(Br)cc1. The van der Waals surface area contributed by atoms with Crippen LogP contribution < -0.4 is 19.5 Å². The summed E-state index contributed by atoms with van der Waals surface area (Å²) in [7, 11) is 1.53. The maximum absolute atomic E-state index is 12.8. The summed E-state index contributed by atoms with van der Waals surface area (Å²) in [5.41, 5.74) is 3.03. The first-order valence-corrected chi connectivity index (χ1v) is 14.0. The molecule has 0 atom stereocenters. The molecule has 0 spiro atoms. The summed E-state index contributed by atoms with van der Waals surface area (Å²) < 4.78 is 18.9. The van der Waals surface area contributed by atoms with E-state index in [-0.39, 0.29) is 5.57 Å². The van der Waals surface area contributed by atoms with Crippen molar-refractivity contribution in [3.8, 4) is 23.3 Å². The Hall–Kier alpha value is -3.77. The lowest BCUT2D eigenvalue weighted by atomic mass is 10.1. The van der Waals surface area contributed by atoms with Gasteiger partial charge in [-0.3, -0.25) is 4.79 Å². The van der Waals surface area contributed by atoms with Crippen molar-refractivity contribution in [2.75, 3.05) is 12.4 Å². The van der Waals surface area contributed by atoms with Crippen molar-refractivity contribution in [2.24, 2.45) is 0 Å². The average Bonchev–Trinajstić information content (AvgIpc) is 2.96. The molecule has 0 saturated carbocycles. The van der Waals surface area contributed by atoms with Gasteiger partial charge in [0.25, 0.3) is 5.91 Å². The van der Waals surface area contributed by atoms with Crippen molar-refractivity contribution in [1.82, 2.24) is 0 Å². The van der Waals surface area contributed by atoms with E-state index in [0.717, 1.165) is 15.6 Å². The first-order valence-electron chi connectivity index (χ1n) is 12.0. The van der Waals surface area contributed by atoms with Gasteiger partial charge in [0.05, 0.1) is 11.6 Å². The summed E-state index contributed by atoms with van der Waals surface area (Å²) in [4.78, 5) is 12.8. The average molecular weight is 683 g/mol. The monoisotopic (exact) mass is 680 g/mol. The molecule has 0 fully saturated rings. The molecule has 40 heavy (non-hydrogen) atoms. The fourth-order valence-corrected chi connectivity index (χ4v) is 4.56. The topological polar surface area (TPSA) is 80.6 Å². The van der Waals surface area contributed by atoms with Gasteiger partial charge in [-0.1, -0.05) is 51.8 Å². The van der Waals surface area contributed by atoms with Crippen LogP contribution in [-0.4, -0.2) is 13.0 Å². The number of halogens is 3. The Labute approximate surface area is 254 Å². The number of methoxy groups -OCH3 is 1. The molecule has 0 unspecified atom stereocenters. The number of nitrogens with zero attached hydrogens (tertiary/aromatic N) is 1. The highest BCUT2D eigenvalue weighted by Crippen LogP contribution is 2.38. The number of carbonyl (C=O) groups is 1. The van der Waals surface area contributed by atoms with Gasteiger partial charge in [-0.2, -0.15) is 5.26 Å². The van der Waals surface area contributed by atoms with E-state index in [4.69, 9.17) is 25.8 Å². The molecular weight excluding hydrogens is 660 g/mol. The van der Waals surface area contributed by atoms with Gasteiger partial charge >= 0.3 is 0 Å². The van der Waals surface area contributed by atoms with E-state index in [9.17, 15) is 10.1 Å². The van der Waals surface area contributed by atoms with Gasteiger partial charge in [-0.25, -0.2) is 0 Å². The highest BCUT2D eigenvalue weighted by atomic mass is 79.9. The smallest absolute Gasteiger partial charge is 0.266 e. The Kier molecular flexibility index (Phi) is 10.3. The van der Waals surface area contributed by atoms with Crippen molar-refractivity contribution in [3.05, 3.63) is 121 Å². The third kappa shape index (κ3) is 8.12. The number of carbonyl (C=O) groups excluding carboxylic acids is 1. The number of benzene rings is 4. The highest BCUT2D eigenvalue weighted by molar-refractivity contribution is 9.10. The first kappa shape index (κ1) is 29.2. The zero-order chi connectivity index (χ0) is 28.5. The van der Waals surface area contributed by atoms with Gasteiger partial charge in [-0.05, 0) is 99.4 Å². The zero-order valence-electron chi connectivity index (χ0n) is 21.3. The predicted molar refractivity (Wildman–Crippen MR) is 164 cm³/mol. The molecule has 4 rings (SSSR count). The fraction of sp³-hybridized carbons (Fsp3) is 0.0968. The van der Waals surface area contributed by atoms with E-state index in [2.05, 4.69) is 37.2 Å². The molecule has 1 N–H and O–H groups in total. The van der Waals surface area contributed by atoms with Gasteiger partial charge in [-0.15, -0.1) is 0 Å². The quantitative estimate of drug-likeness (QED) is 0.134. The summed E-state index contributed by atoms with van der Waals surface area (Å²) in [5.74, 6) is 1.08. The Bertz CT molecular complexity index is 1550. The third-order valence-electron chi connectivity index (χ3n) is 5.66. The normalized spacial score (nSPS) is 10.9. The molecule has 202 valence electrons. The first-order chi connectivity index (χ1) is 19.3. The molecule has 1 amide bonds. The van der Waals surface area contributed by atoms with Crippen LogP contribution in [0.4, 0.5) is 5.69 Å². The molecule has 0 aromatic heterocycles. The van der Waals surface area contributed by atoms with Gasteiger partial charge in [0, 0.05) is 15.2 Å². The number of hydrogen-bond acceptors (Lipinski definition) is 5. The van der Waals surface area contributed by atoms with Crippen LogP contribution in [0, 0.1) is 11.3 Å². The van der Waals surface area contributed by atoms with Crippen LogP contribution in [0.2, 0.25) is 5.02 Å². The number of anilines is 1. The van der Waals surface area contributed by atoms with Crippen LogP contribution in [0.3, 0.4) is 0 Å². The van der Waals surface area contributed by atoms with Crippen molar-refractivity contribution < 1.29 is 19.0 Å². The molecular formula is C31H23Br2ClN2O4. The summed E-state index contributed by atoms with van der Waals surface area (Å²) in [5, 5.41) is 13.1. The molecule has 9 heteroatoms. The Morgan fingerprint density at radius 3 is 2.17 bits per heavy atom. The molecule has 0 heterocycles. The second kappa shape index (κ2) is 14.0. The number of nitrogens with one attached hydrogen (secondary N) is 1. The predicted octanol–water partition coefficient (Wildman–Crippen LogP) is 8.58. The van der Waals surface area contributed by atoms with E-state index < -0.39 is 5.91 Å².